The summed E-state index contributed by atoms with van der Waals surface area (Å²) >= 11 is 1.60. The number of ether oxygens (including phenoxy) is 1. The van der Waals surface area contributed by atoms with Crippen LogP contribution in [0.25, 0.3) is 0 Å². The van der Waals surface area contributed by atoms with Gasteiger partial charge in [0.25, 0.3) is 5.91 Å². The maximum atomic E-state index is 12.4. The number of rotatable bonds is 9. The van der Waals surface area contributed by atoms with E-state index in [4.69, 9.17) is 4.74 Å². The van der Waals surface area contributed by atoms with Crippen molar-refractivity contribution < 1.29 is 17.9 Å². The number of benzene rings is 1. The Kier molecular flexibility index (Phi) is 8.01. The fraction of sp³-hybridized carbons (Fsp3) is 0.476. The Labute approximate surface area is 182 Å². The smallest absolute Gasteiger partial charge is 0.251 e. The van der Waals surface area contributed by atoms with Gasteiger partial charge in [0, 0.05) is 43.2 Å². The Balaban J connectivity index is 1.46. The zero-order valence-electron chi connectivity index (χ0n) is 17.3. The molecule has 7 nitrogen and oxygen atoms in total. The van der Waals surface area contributed by atoms with Crippen LogP contribution in [-0.2, 0) is 21.2 Å². The van der Waals surface area contributed by atoms with Crippen LogP contribution in [0.1, 0.15) is 29.1 Å². The average Bonchev–Trinajstić information content (AvgIpc) is 3.20. The summed E-state index contributed by atoms with van der Waals surface area (Å²) < 4.78 is 33.2. The van der Waals surface area contributed by atoms with Crippen molar-refractivity contribution in [1.29, 1.82) is 0 Å². The normalized spacial score (nSPS) is 20.2. The number of hydrogen-bond donors (Lipinski definition) is 2. The van der Waals surface area contributed by atoms with Crippen molar-refractivity contribution in [1.82, 2.24) is 14.9 Å². The second-order valence-corrected chi connectivity index (χ2v) is 10.3. The molecule has 30 heavy (non-hydrogen) atoms. The SMILES string of the molecule is CC1CN(CCNC(=O)c2ccc(S(=O)(=O)NCCc3cccs3)cc2)CC(C)O1. The van der Waals surface area contributed by atoms with Gasteiger partial charge in [0.05, 0.1) is 17.1 Å². The number of nitrogens with zero attached hydrogens (tertiary/aromatic N) is 1. The number of carbonyl (C=O) groups excluding carboxylic acids is 1. The lowest BCUT2D eigenvalue weighted by molar-refractivity contribution is -0.0672. The van der Waals surface area contributed by atoms with E-state index < -0.39 is 10.0 Å². The minimum Gasteiger partial charge on any atom is -0.373 e. The first-order valence-electron chi connectivity index (χ1n) is 10.1. The lowest BCUT2D eigenvalue weighted by atomic mass is 10.2. The Morgan fingerprint density at radius 1 is 1.13 bits per heavy atom. The quantitative estimate of drug-likeness (QED) is 0.610. The molecule has 2 unspecified atom stereocenters. The fourth-order valence-electron chi connectivity index (χ4n) is 3.53. The summed E-state index contributed by atoms with van der Waals surface area (Å²) in [7, 11) is -3.59. The topological polar surface area (TPSA) is 87.7 Å². The van der Waals surface area contributed by atoms with Crippen molar-refractivity contribution in [3.63, 3.8) is 0 Å². The van der Waals surface area contributed by atoms with Gasteiger partial charge in [0.1, 0.15) is 0 Å². The molecule has 1 aliphatic heterocycles. The number of thiophene rings is 1. The molecule has 164 valence electrons. The molecule has 2 atom stereocenters. The predicted molar refractivity (Wildman–Crippen MR) is 118 cm³/mol. The highest BCUT2D eigenvalue weighted by molar-refractivity contribution is 7.89. The zero-order chi connectivity index (χ0) is 21.6. The van der Waals surface area contributed by atoms with Gasteiger partial charge >= 0.3 is 0 Å². The highest BCUT2D eigenvalue weighted by Gasteiger charge is 2.21. The Hall–Kier alpha value is -1.78. The average molecular weight is 452 g/mol. The molecular weight excluding hydrogens is 422 g/mol. The maximum Gasteiger partial charge on any atom is 0.251 e. The number of sulfonamides is 1. The van der Waals surface area contributed by atoms with Gasteiger partial charge < -0.3 is 10.1 Å². The van der Waals surface area contributed by atoms with Crippen LogP contribution in [0.5, 0.6) is 0 Å². The second-order valence-electron chi connectivity index (χ2n) is 7.52. The Morgan fingerprint density at radius 3 is 2.47 bits per heavy atom. The van der Waals surface area contributed by atoms with Gasteiger partial charge in [-0.05, 0) is 56.0 Å². The van der Waals surface area contributed by atoms with Crippen molar-refractivity contribution in [3.8, 4) is 0 Å². The van der Waals surface area contributed by atoms with Crippen molar-refractivity contribution >= 4 is 27.3 Å². The van der Waals surface area contributed by atoms with Gasteiger partial charge in [-0.3, -0.25) is 9.69 Å². The van der Waals surface area contributed by atoms with E-state index in [0.717, 1.165) is 24.5 Å². The molecule has 0 aliphatic carbocycles. The first kappa shape index (κ1) is 22.9. The van der Waals surface area contributed by atoms with Gasteiger partial charge in [0.2, 0.25) is 10.0 Å². The summed E-state index contributed by atoms with van der Waals surface area (Å²) in [4.78, 5) is 15.9. The molecule has 2 N–H and O–H groups in total. The van der Waals surface area contributed by atoms with Crippen LogP contribution >= 0.6 is 11.3 Å². The Morgan fingerprint density at radius 2 is 1.83 bits per heavy atom. The van der Waals surface area contributed by atoms with Gasteiger partial charge in [0.15, 0.2) is 0 Å². The fourth-order valence-corrected chi connectivity index (χ4v) is 5.27. The minimum atomic E-state index is -3.59. The maximum absolute atomic E-state index is 12.4. The third-order valence-electron chi connectivity index (χ3n) is 4.88. The van der Waals surface area contributed by atoms with Crippen LogP contribution in [-0.4, -0.2) is 64.2 Å². The lowest BCUT2D eigenvalue weighted by Gasteiger charge is -2.35. The summed E-state index contributed by atoms with van der Waals surface area (Å²) in [6, 6.07) is 9.94. The van der Waals surface area contributed by atoms with Crippen molar-refractivity contribution in [3.05, 3.63) is 52.2 Å². The monoisotopic (exact) mass is 451 g/mol. The molecular formula is C21H29N3O4S2. The predicted octanol–water partition coefficient (Wildman–Crippen LogP) is 2.11. The largest absolute Gasteiger partial charge is 0.373 e. The van der Waals surface area contributed by atoms with Crippen molar-refractivity contribution in [2.75, 3.05) is 32.7 Å². The van der Waals surface area contributed by atoms with Gasteiger partial charge in [-0.15, -0.1) is 11.3 Å². The minimum absolute atomic E-state index is 0.154. The van der Waals surface area contributed by atoms with E-state index in [2.05, 4.69) is 14.9 Å². The van der Waals surface area contributed by atoms with Crippen LogP contribution in [0.4, 0.5) is 0 Å². The molecule has 1 aliphatic rings. The molecule has 1 saturated heterocycles. The summed E-state index contributed by atoms with van der Waals surface area (Å²) in [5, 5.41) is 4.87. The lowest BCUT2D eigenvalue weighted by Crippen LogP contribution is -2.47. The molecule has 2 aromatic rings. The molecule has 1 amide bonds. The number of hydrogen-bond acceptors (Lipinski definition) is 6. The Bertz CT molecular complexity index is 904. The van der Waals surface area contributed by atoms with E-state index in [1.54, 1.807) is 23.5 Å². The molecule has 0 saturated carbocycles. The molecule has 1 aromatic carbocycles. The van der Waals surface area contributed by atoms with Gasteiger partial charge in [-0.2, -0.15) is 0 Å². The van der Waals surface area contributed by atoms with Crippen LogP contribution in [0.15, 0.2) is 46.7 Å². The summed E-state index contributed by atoms with van der Waals surface area (Å²) in [5.41, 5.74) is 0.441. The van der Waals surface area contributed by atoms with Crippen molar-refractivity contribution in [2.24, 2.45) is 0 Å². The van der Waals surface area contributed by atoms with E-state index >= 15 is 0 Å². The standard InChI is InChI=1S/C21H29N3O4S2/c1-16-14-24(15-17(2)28-16)12-11-22-21(25)18-5-7-20(8-6-18)30(26,27)23-10-9-19-4-3-13-29-19/h3-8,13,16-17,23H,9-12,14-15H2,1-2H3,(H,22,25). The molecule has 3 rings (SSSR count). The first-order valence-corrected chi connectivity index (χ1v) is 12.5. The van der Waals surface area contributed by atoms with Crippen LogP contribution in [0.3, 0.4) is 0 Å². The van der Waals surface area contributed by atoms with Crippen LogP contribution in [0.2, 0.25) is 0 Å². The van der Waals surface area contributed by atoms with Gasteiger partial charge in [-0.25, -0.2) is 13.1 Å². The molecule has 0 radical (unpaired) electrons. The van der Waals surface area contributed by atoms with Crippen LogP contribution in [0, 0.1) is 0 Å². The summed E-state index contributed by atoms with van der Waals surface area (Å²) in [6.07, 6.45) is 1.04. The molecule has 0 bridgehead atoms. The summed E-state index contributed by atoms with van der Waals surface area (Å²) in [6.45, 7) is 7.43. The highest BCUT2D eigenvalue weighted by Crippen LogP contribution is 2.13. The first-order chi connectivity index (χ1) is 14.3. The van der Waals surface area contributed by atoms with E-state index in [0.29, 0.717) is 25.1 Å². The number of amides is 1. The summed E-state index contributed by atoms with van der Waals surface area (Å²) in [5.74, 6) is -0.209. The molecule has 2 heterocycles. The van der Waals surface area contributed by atoms with E-state index in [1.165, 1.54) is 12.1 Å². The molecule has 9 heteroatoms. The molecule has 1 fully saturated rings. The third kappa shape index (κ3) is 6.61. The highest BCUT2D eigenvalue weighted by atomic mass is 32.2. The number of nitrogens with one attached hydrogen (secondary N) is 2. The second kappa shape index (κ2) is 10.5. The number of morpholine rings is 1. The van der Waals surface area contributed by atoms with Gasteiger partial charge in [-0.1, -0.05) is 6.07 Å². The molecule has 0 spiro atoms. The van der Waals surface area contributed by atoms with E-state index in [1.807, 2.05) is 31.4 Å². The molecule has 1 aromatic heterocycles. The number of carbonyl (C=O) groups is 1. The van der Waals surface area contributed by atoms with Crippen LogP contribution < -0.4 is 10.0 Å². The van der Waals surface area contributed by atoms with Crippen molar-refractivity contribution in [2.45, 2.75) is 37.4 Å². The zero-order valence-corrected chi connectivity index (χ0v) is 19.0. The van der Waals surface area contributed by atoms with E-state index in [-0.39, 0.29) is 23.0 Å². The van der Waals surface area contributed by atoms with E-state index in [9.17, 15) is 13.2 Å². The third-order valence-corrected chi connectivity index (χ3v) is 7.29.